The van der Waals surface area contributed by atoms with Crippen molar-refractivity contribution in [1.82, 2.24) is 5.48 Å². The van der Waals surface area contributed by atoms with E-state index in [2.05, 4.69) is 6.08 Å². The van der Waals surface area contributed by atoms with Gasteiger partial charge in [-0.15, -0.1) is 0 Å². The van der Waals surface area contributed by atoms with Gasteiger partial charge in [0.05, 0.1) is 13.2 Å². The Morgan fingerprint density at radius 3 is 3.21 bits per heavy atom. The van der Waals surface area contributed by atoms with Crippen LogP contribution in [0.5, 0.6) is 0 Å². The highest BCUT2D eigenvalue weighted by molar-refractivity contribution is 5.77. The second kappa shape index (κ2) is 6.56. The van der Waals surface area contributed by atoms with Crippen LogP contribution in [0.4, 0.5) is 0 Å². The quantitative estimate of drug-likeness (QED) is 0.279. The maximum absolute atomic E-state index is 8.41. The number of rotatable bonds is 4. The maximum atomic E-state index is 8.41. The van der Waals surface area contributed by atoms with E-state index in [1.54, 1.807) is 0 Å². The minimum atomic E-state index is 0.190. The molecule has 1 heterocycles. The Kier molecular flexibility index (Phi) is 5.25. The van der Waals surface area contributed by atoms with E-state index in [1.165, 1.54) is 5.57 Å². The normalized spacial score (nSPS) is 17.1. The molecular formula is C10H18N2O2. The minimum Gasteiger partial charge on any atom is -0.381 e. The van der Waals surface area contributed by atoms with Crippen molar-refractivity contribution in [2.75, 3.05) is 13.2 Å². The summed E-state index contributed by atoms with van der Waals surface area (Å²) in [6.45, 7) is 1.65. The summed E-state index contributed by atoms with van der Waals surface area (Å²) in [7, 11) is 0. The highest BCUT2D eigenvalue weighted by atomic mass is 16.5. The number of ether oxygens (including phenoxy) is 1. The fourth-order valence-corrected chi connectivity index (χ4v) is 1.53. The number of hydrogen-bond acceptors (Lipinski definition) is 3. The third-order valence-electron chi connectivity index (χ3n) is 2.32. The van der Waals surface area contributed by atoms with Gasteiger partial charge in [0, 0.05) is 6.42 Å². The zero-order valence-corrected chi connectivity index (χ0v) is 8.38. The predicted molar refractivity (Wildman–Crippen MR) is 54.6 cm³/mol. The van der Waals surface area contributed by atoms with Crippen LogP contribution in [0.1, 0.15) is 32.1 Å². The molecule has 0 aromatic carbocycles. The fourth-order valence-electron chi connectivity index (χ4n) is 1.53. The Balaban J connectivity index is 2.16. The largest absolute Gasteiger partial charge is 0.381 e. The number of hydroxylamine groups is 1. The molecule has 0 aliphatic carbocycles. The molecule has 0 aromatic heterocycles. The standard InChI is InChI=1S/C10H18N2O2/c11-10(12-13)5-1-3-9-4-2-7-14-8-6-9/h4,13H,1-3,5-8H2,(H2,11,12). The highest BCUT2D eigenvalue weighted by Crippen LogP contribution is 2.15. The lowest BCUT2D eigenvalue weighted by Crippen LogP contribution is -2.16. The van der Waals surface area contributed by atoms with Crippen LogP contribution in [0.25, 0.3) is 0 Å². The van der Waals surface area contributed by atoms with Crippen LogP contribution in [0.2, 0.25) is 0 Å². The first-order chi connectivity index (χ1) is 6.83. The van der Waals surface area contributed by atoms with Crippen LogP contribution >= 0.6 is 0 Å². The first kappa shape index (κ1) is 11.2. The minimum absolute atomic E-state index is 0.190. The maximum Gasteiger partial charge on any atom is 0.117 e. The first-order valence-corrected chi connectivity index (χ1v) is 5.06. The molecule has 1 aliphatic rings. The van der Waals surface area contributed by atoms with Crippen LogP contribution < -0.4 is 5.48 Å². The van der Waals surface area contributed by atoms with Gasteiger partial charge in [0.1, 0.15) is 5.84 Å². The predicted octanol–water partition coefficient (Wildman–Crippen LogP) is 1.85. The van der Waals surface area contributed by atoms with Crippen molar-refractivity contribution in [3.8, 4) is 0 Å². The molecule has 1 aliphatic heterocycles. The van der Waals surface area contributed by atoms with Gasteiger partial charge in [0.2, 0.25) is 0 Å². The first-order valence-electron chi connectivity index (χ1n) is 5.06. The van der Waals surface area contributed by atoms with Crippen LogP contribution in [0, 0.1) is 5.41 Å². The Morgan fingerprint density at radius 2 is 2.43 bits per heavy atom. The van der Waals surface area contributed by atoms with Crippen molar-refractivity contribution in [2.45, 2.75) is 32.1 Å². The smallest absolute Gasteiger partial charge is 0.117 e. The molecular weight excluding hydrogens is 180 g/mol. The average Bonchev–Trinajstić information content (AvgIpc) is 2.46. The Labute approximate surface area is 84.4 Å². The summed E-state index contributed by atoms with van der Waals surface area (Å²) >= 11 is 0. The zero-order valence-electron chi connectivity index (χ0n) is 8.38. The van der Waals surface area contributed by atoms with E-state index in [-0.39, 0.29) is 5.84 Å². The highest BCUT2D eigenvalue weighted by Gasteiger charge is 2.03. The van der Waals surface area contributed by atoms with Crippen molar-refractivity contribution in [3.05, 3.63) is 11.6 Å². The second-order valence-corrected chi connectivity index (χ2v) is 3.46. The topological polar surface area (TPSA) is 65.3 Å². The van der Waals surface area contributed by atoms with Crippen molar-refractivity contribution in [2.24, 2.45) is 0 Å². The Hall–Kier alpha value is -0.870. The summed E-state index contributed by atoms with van der Waals surface area (Å²) in [5.41, 5.74) is 3.28. The molecule has 0 fully saturated rings. The molecule has 80 valence electrons. The van der Waals surface area contributed by atoms with E-state index in [0.717, 1.165) is 38.9 Å². The van der Waals surface area contributed by atoms with Crippen molar-refractivity contribution >= 4 is 5.84 Å². The SMILES string of the molecule is N=C(CCCC1=CCCOCC1)NO. The van der Waals surface area contributed by atoms with E-state index in [1.807, 2.05) is 5.48 Å². The third-order valence-corrected chi connectivity index (χ3v) is 2.32. The molecule has 4 heteroatoms. The molecule has 0 saturated carbocycles. The Bertz CT molecular complexity index is 214. The van der Waals surface area contributed by atoms with Crippen molar-refractivity contribution < 1.29 is 9.94 Å². The monoisotopic (exact) mass is 198 g/mol. The lowest BCUT2D eigenvalue weighted by atomic mass is 10.0. The Morgan fingerprint density at radius 1 is 1.57 bits per heavy atom. The zero-order chi connectivity index (χ0) is 10.2. The van der Waals surface area contributed by atoms with Gasteiger partial charge >= 0.3 is 0 Å². The lowest BCUT2D eigenvalue weighted by molar-refractivity contribution is 0.146. The molecule has 0 radical (unpaired) electrons. The van der Waals surface area contributed by atoms with Gasteiger partial charge in [-0.1, -0.05) is 11.6 Å². The van der Waals surface area contributed by atoms with E-state index < -0.39 is 0 Å². The summed E-state index contributed by atoms with van der Waals surface area (Å²) < 4.78 is 5.33. The third kappa shape index (κ3) is 4.39. The second-order valence-electron chi connectivity index (χ2n) is 3.46. The summed E-state index contributed by atoms with van der Waals surface area (Å²) in [6, 6.07) is 0. The van der Waals surface area contributed by atoms with Gasteiger partial charge in [0.25, 0.3) is 0 Å². The van der Waals surface area contributed by atoms with E-state index in [0.29, 0.717) is 6.42 Å². The molecule has 0 saturated heterocycles. The molecule has 0 aromatic rings. The number of nitrogens with one attached hydrogen (secondary N) is 2. The molecule has 0 bridgehead atoms. The van der Waals surface area contributed by atoms with Crippen LogP contribution in [0.3, 0.4) is 0 Å². The molecule has 1 rings (SSSR count). The van der Waals surface area contributed by atoms with E-state index >= 15 is 0 Å². The van der Waals surface area contributed by atoms with Gasteiger partial charge < -0.3 is 4.74 Å². The van der Waals surface area contributed by atoms with Gasteiger partial charge in [-0.25, -0.2) is 0 Å². The van der Waals surface area contributed by atoms with Crippen molar-refractivity contribution in [1.29, 1.82) is 5.41 Å². The number of amidine groups is 1. The van der Waals surface area contributed by atoms with Crippen LogP contribution in [0.15, 0.2) is 11.6 Å². The molecule has 0 atom stereocenters. The molecule has 0 amide bonds. The van der Waals surface area contributed by atoms with E-state index in [9.17, 15) is 0 Å². The van der Waals surface area contributed by atoms with Crippen LogP contribution in [-0.4, -0.2) is 24.3 Å². The number of hydrogen-bond donors (Lipinski definition) is 3. The van der Waals surface area contributed by atoms with Crippen LogP contribution in [-0.2, 0) is 4.74 Å². The molecule has 14 heavy (non-hydrogen) atoms. The molecule has 3 N–H and O–H groups in total. The summed E-state index contributed by atoms with van der Waals surface area (Å²) in [5, 5.41) is 15.6. The fraction of sp³-hybridized carbons (Fsp3) is 0.700. The van der Waals surface area contributed by atoms with Gasteiger partial charge in [0.15, 0.2) is 0 Å². The summed E-state index contributed by atoms with van der Waals surface area (Å²) in [6.07, 6.45) is 6.79. The van der Waals surface area contributed by atoms with Crippen molar-refractivity contribution in [3.63, 3.8) is 0 Å². The molecule has 0 spiro atoms. The van der Waals surface area contributed by atoms with Gasteiger partial charge in [-0.05, 0) is 25.7 Å². The van der Waals surface area contributed by atoms with Gasteiger partial charge in [-0.2, -0.15) is 0 Å². The van der Waals surface area contributed by atoms with E-state index in [4.69, 9.17) is 15.4 Å². The summed E-state index contributed by atoms with van der Waals surface area (Å²) in [5.74, 6) is 0.190. The average molecular weight is 198 g/mol. The molecule has 0 unspecified atom stereocenters. The molecule has 4 nitrogen and oxygen atoms in total. The van der Waals surface area contributed by atoms with Gasteiger partial charge in [-0.3, -0.25) is 16.1 Å². The summed E-state index contributed by atoms with van der Waals surface area (Å²) in [4.78, 5) is 0. The lowest BCUT2D eigenvalue weighted by Gasteiger charge is -2.05.